The molecule has 0 aliphatic rings. The van der Waals surface area contributed by atoms with Crippen LogP contribution in [0.1, 0.15) is 24.7 Å². The maximum Gasteiger partial charge on any atom is 0.114 e. The smallest absolute Gasteiger partial charge is 0.114 e. The highest BCUT2D eigenvalue weighted by Crippen LogP contribution is 2.20. The van der Waals surface area contributed by atoms with E-state index in [1.165, 1.54) is 11.1 Å². The zero-order chi connectivity index (χ0) is 13.9. The number of aryl methyl sites for hydroxylation is 1. The van der Waals surface area contributed by atoms with Gasteiger partial charge in [0.1, 0.15) is 5.82 Å². The molecule has 0 aliphatic carbocycles. The molecule has 1 heterocycles. The summed E-state index contributed by atoms with van der Waals surface area (Å²) >= 11 is 5.94. The van der Waals surface area contributed by atoms with Crippen LogP contribution in [-0.2, 0) is 13.0 Å². The predicted octanol–water partition coefficient (Wildman–Crippen LogP) is 4.69. The van der Waals surface area contributed by atoms with Crippen LogP contribution in [0, 0.1) is 0 Å². The minimum Gasteiger partial charge on any atom is -0.328 e. The lowest BCUT2D eigenvalue weighted by Crippen LogP contribution is -2.04. The van der Waals surface area contributed by atoms with Crippen molar-refractivity contribution in [1.29, 1.82) is 0 Å². The van der Waals surface area contributed by atoms with Gasteiger partial charge >= 0.3 is 0 Å². The molecule has 0 saturated carbocycles. The van der Waals surface area contributed by atoms with Gasteiger partial charge in [0.05, 0.1) is 11.0 Å². The molecule has 2 nitrogen and oxygen atoms in total. The summed E-state index contributed by atoms with van der Waals surface area (Å²) < 4.78 is 2.32. The van der Waals surface area contributed by atoms with Gasteiger partial charge in [-0.3, -0.25) is 0 Å². The van der Waals surface area contributed by atoms with Crippen LogP contribution >= 0.6 is 11.6 Å². The quantitative estimate of drug-likeness (QED) is 0.679. The fraction of sp³-hybridized carbons (Fsp3) is 0.235. The molecule has 0 N–H and O–H groups in total. The molecule has 0 bridgehead atoms. The number of rotatable bonds is 4. The SMILES string of the molecule is CCCn1c(Cc2ccc(Cl)cc2)nc2ccccc21. The lowest BCUT2D eigenvalue weighted by atomic mass is 10.1. The molecule has 0 aliphatic heterocycles. The van der Waals surface area contributed by atoms with Crippen molar-refractivity contribution < 1.29 is 0 Å². The zero-order valence-electron chi connectivity index (χ0n) is 11.5. The molecule has 0 amide bonds. The molecule has 0 radical (unpaired) electrons. The van der Waals surface area contributed by atoms with Gasteiger partial charge in [-0.25, -0.2) is 4.98 Å². The van der Waals surface area contributed by atoms with Gasteiger partial charge in [0.15, 0.2) is 0 Å². The van der Waals surface area contributed by atoms with E-state index in [0.29, 0.717) is 0 Å². The Balaban J connectivity index is 2.01. The number of aromatic nitrogens is 2. The van der Waals surface area contributed by atoms with Gasteiger partial charge in [0.2, 0.25) is 0 Å². The summed E-state index contributed by atoms with van der Waals surface area (Å²) in [6.45, 7) is 3.20. The predicted molar refractivity (Wildman–Crippen MR) is 84.3 cm³/mol. The van der Waals surface area contributed by atoms with Crippen molar-refractivity contribution in [2.75, 3.05) is 0 Å². The van der Waals surface area contributed by atoms with E-state index in [-0.39, 0.29) is 0 Å². The van der Waals surface area contributed by atoms with E-state index in [1.807, 2.05) is 18.2 Å². The molecular weight excluding hydrogens is 268 g/mol. The molecule has 1 aromatic heterocycles. The van der Waals surface area contributed by atoms with Crippen molar-refractivity contribution in [3.05, 3.63) is 64.9 Å². The molecule has 20 heavy (non-hydrogen) atoms. The summed E-state index contributed by atoms with van der Waals surface area (Å²) in [5.74, 6) is 1.12. The van der Waals surface area contributed by atoms with E-state index in [0.717, 1.165) is 35.8 Å². The minimum atomic E-state index is 0.774. The number of halogens is 1. The average molecular weight is 285 g/mol. The number of hydrogen-bond donors (Lipinski definition) is 0. The van der Waals surface area contributed by atoms with Crippen molar-refractivity contribution in [1.82, 2.24) is 9.55 Å². The van der Waals surface area contributed by atoms with Crippen LogP contribution in [-0.4, -0.2) is 9.55 Å². The van der Waals surface area contributed by atoms with Gasteiger partial charge in [0.25, 0.3) is 0 Å². The number of hydrogen-bond acceptors (Lipinski definition) is 1. The van der Waals surface area contributed by atoms with Gasteiger partial charge in [-0.2, -0.15) is 0 Å². The van der Waals surface area contributed by atoms with Crippen LogP contribution in [0.4, 0.5) is 0 Å². The normalized spacial score (nSPS) is 11.1. The summed E-state index contributed by atoms with van der Waals surface area (Å²) in [4.78, 5) is 4.78. The Morgan fingerprint density at radius 2 is 1.80 bits per heavy atom. The third kappa shape index (κ3) is 2.56. The van der Waals surface area contributed by atoms with E-state index in [1.54, 1.807) is 0 Å². The third-order valence-electron chi connectivity index (χ3n) is 3.46. The molecule has 0 saturated heterocycles. The van der Waals surface area contributed by atoms with Crippen LogP contribution in [0.2, 0.25) is 5.02 Å². The monoisotopic (exact) mass is 284 g/mol. The first kappa shape index (κ1) is 13.2. The van der Waals surface area contributed by atoms with Gasteiger partial charge in [-0.15, -0.1) is 0 Å². The molecule has 3 rings (SSSR count). The van der Waals surface area contributed by atoms with Crippen molar-refractivity contribution in [3.63, 3.8) is 0 Å². The molecule has 0 unspecified atom stereocenters. The second-order valence-corrected chi connectivity index (χ2v) is 5.41. The highest BCUT2D eigenvalue weighted by Gasteiger charge is 2.10. The molecule has 0 fully saturated rings. The second kappa shape index (κ2) is 5.68. The van der Waals surface area contributed by atoms with E-state index < -0.39 is 0 Å². The Bertz CT molecular complexity index is 713. The molecule has 0 spiro atoms. The largest absolute Gasteiger partial charge is 0.328 e. The van der Waals surface area contributed by atoms with E-state index in [4.69, 9.17) is 16.6 Å². The number of benzene rings is 2. The summed E-state index contributed by atoms with van der Waals surface area (Å²) in [6, 6.07) is 16.3. The number of nitrogens with zero attached hydrogens (tertiary/aromatic N) is 2. The Hall–Kier alpha value is -1.80. The lowest BCUT2D eigenvalue weighted by Gasteiger charge is -2.08. The van der Waals surface area contributed by atoms with Gasteiger partial charge < -0.3 is 4.57 Å². The van der Waals surface area contributed by atoms with Crippen LogP contribution < -0.4 is 0 Å². The van der Waals surface area contributed by atoms with Gasteiger partial charge in [-0.05, 0) is 36.2 Å². The molecule has 102 valence electrons. The van der Waals surface area contributed by atoms with E-state index in [2.05, 4.69) is 41.8 Å². The topological polar surface area (TPSA) is 17.8 Å². The van der Waals surface area contributed by atoms with Crippen LogP contribution in [0.3, 0.4) is 0 Å². The van der Waals surface area contributed by atoms with Crippen molar-refractivity contribution >= 4 is 22.6 Å². The molecule has 0 atom stereocenters. The third-order valence-corrected chi connectivity index (χ3v) is 3.71. The summed E-state index contributed by atoms with van der Waals surface area (Å²) in [5.41, 5.74) is 3.53. The number of para-hydroxylation sites is 2. The first-order valence-corrected chi connectivity index (χ1v) is 7.34. The van der Waals surface area contributed by atoms with Crippen LogP contribution in [0.15, 0.2) is 48.5 Å². The summed E-state index contributed by atoms with van der Waals surface area (Å²) in [5, 5.41) is 0.774. The Morgan fingerprint density at radius 3 is 2.55 bits per heavy atom. The molecule has 3 aromatic rings. The zero-order valence-corrected chi connectivity index (χ0v) is 12.3. The van der Waals surface area contributed by atoms with Crippen molar-refractivity contribution in [3.8, 4) is 0 Å². The first-order valence-electron chi connectivity index (χ1n) is 6.96. The summed E-state index contributed by atoms with van der Waals surface area (Å²) in [6.07, 6.45) is 1.94. The van der Waals surface area contributed by atoms with Crippen LogP contribution in [0.25, 0.3) is 11.0 Å². The van der Waals surface area contributed by atoms with E-state index in [9.17, 15) is 0 Å². The molecular formula is C17H17ClN2. The van der Waals surface area contributed by atoms with Crippen molar-refractivity contribution in [2.24, 2.45) is 0 Å². The number of fused-ring (bicyclic) bond motifs is 1. The van der Waals surface area contributed by atoms with Crippen LogP contribution in [0.5, 0.6) is 0 Å². The van der Waals surface area contributed by atoms with Gasteiger partial charge in [-0.1, -0.05) is 42.8 Å². The standard InChI is InChI=1S/C17H17ClN2/c1-2-11-20-16-6-4-3-5-15(16)19-17(20)12-13-7-9-14(18)10-8-13/h3-10H,2,11-12H2,1H3. The highest BCUT2D eigenvalue weighted by atomic mass is 35.5. The molecule has 2 aromatic carbocycles. The fourth-order valence-corrected chi connectivity index (χ4v) is 2.64. The Morgan fingerprint density at radius 1 is 1.05 bits per heavy atom. The maximum atomic E-state index is 5.94. The first-order chi connectivity index (χ1) is 9.78. The molecule has 3 heteroatoms. The summed E-state index contributed by atoms with van der Waals surface area (Å²) in [7, 11) is 0. The second-order valence-electron chi connectivity index (χ2n) is 4.97. The lowest BCUT2D eigenvalue weighted by molar-refractivity contribution is 0.664. The highest BCUT2D eigenvalue weighted by molar-refractivity contribution is 6.30. The Labute approximate surface area is 124 Å². The minimum absolute atomic E-state index is 0.774. The van der Waals surface area contributed by atoms with E-state index >= 15 is 0 Å². The van der Waals surface area contributed by atoms with Crippen molar-refractivity contribution in [2.45, 2.75) is 26.3 Å². The fourth-order valence-electron chi connectivity index (χ4n) is 2.52. The Kier molecular flexibility index (Phi) is 3.75. The number of imidazole rings is 1. The average Bonchev–Trinajstić information content (AvgIpc) is 2.80. The maximum absolute atomic E-state index is 5.94. The van der Waals surface area contributed by atoms with Gasteiger partial charge in [0, 0.05) is 18.0 Å².